The lowest BCUT2D eigenvalue weighted by molar-refractivity contribution is 0.545. The molecule has 4 aromatic rings. The zero-order chi connectivity index (χ0) is 20.5. The summed E-state index contributed by atoms with van der Waals surface area (Å²) >= 11 is 0. The van der Waals surface area contributed by atoms with Crippen molar-refractivity contribution in [2.45, 2.75) is 6.54 Å². The molecule has 0 unspecified atom stereocenters. The lowest BCUT2D eigenvalue weighted by Crippen LogP contribution is -2.22. The van der Waals surface area contributed by atoms with Crippen LogP contribution in [-0.4, -0.2) is 28.6 Å². The van der Waals surface area contributed by atoms with Gasteiger partial charge in [0.15, 0.2) is 0 Å². The molecule has 0 bridgehead atoms. The molecule has 5 nitrogen and oxygen atoms in total. The van der Waals surface area contributed by atoms with Gasteiger partial charge in [0, 0.05) is 31.4 Å². The van der Waals surface area contributed by atoms with Crippen molar-refractivity contribution < 1.29 is 8.78 Å². The molecule has 0 radical (unpaired) electrons. The zero-order valence-corrected chi connectivity index (χ0v) is 15.9. The summed E-state index contributed by atoms with van der Waals surface area (Å²) in [4.78, 5) is 22.5. The molecular weight excluding hydrogens is 374 g/mol. The Morgan fingerprint density at radius 1 is 0.931 bits per heavy atom. The Bertz CT molecular complexity index is 1230. The van der Waals surface area contributed by atoms with Gasteiger partial charge in [0.1, 0.15) is 17.5 Å². The first-order valence-electron chi connectivity index (χ1n) is 9.00. The van der Waals surface area contributed by atoms with Crippen molar-refractivity contribution in [1.29, 1.82) is 0 Å². The number of fused-ring (bicyclic) bond motifs is 1. The third kappa shape index (κ3) is 3.59. The van der Waals surface area contributed by atoms with Crippen LogP contribution in [0.4, 0.5) is 14.6 Å². The monoisotopic (exact) mass is 392 g/mol. The van der Waals surface area contributed by atoms with Gasteiger partial charge in [-0.3, -0.25) is 4.79 Å². The molecule has 0 aliphatic carbocycles. The predicted octanol–water partition coefficient (Wildman–Crippen LogP) is 3.85. The van der Waals surface area contributed by atoms with E-state index in [1.807, 2.05) is 19.0 Å². The molecule has 29 heavy (non-hydrogen) atoms. The Hall–Kier alpha value is -3.61. The van der Waals surface area contributed by atoms with Crippen LogP contribution in [0.5, 0.6) is 0 Å². The Labute approximate surface area is 165 Å². The van der Waals surface area contributed by atoms with Crippen LogP contribution in [0.2, 0.25) is 0 Å². The maximum atomic E-state index is 14.8. The quantitative estimate of drug-likeness (QED) is 0.529. The fraction of sp³-hybridized carbons (Fsp3) is 0.136. The van der Waals surface area contributed by atoms with Crippen molar-refractivity contribution in [3.63, 3.8) is 0 Å². The van der Waals surface area contributed by atoms with Crippen molar-refractivity contribution >= 4 is 16.9 Å². The van der Waals surface area contributed by atoms with Crippen LogP contribution < -0.4 is 10.5 Å². The summed E-state index contributed by atoms with van der Waals surface area (Å²) in [5.41, 5.74) is 1.49. The highest BCUT2D eigenvalue weighted by molar-refractivity contribution is 5.74. The lowest BCUT2D eigenvalue weighted by atomic mass is 10.0. The third-order valence-corrected chi connectivity index (χ3v) is 4.75. The van der Waals surface area contributed by atoms with Crippen molar-refractivity contribution in [2.75, 3.05) is 19.0 Å². The normalized spacial score (nSPS) is 11.0. The second-order valence-corrected chi connectivity index (χ2v) is 6.89. The third-order valence-electron chi connectivity index (χ3n) is 4.75. The molecule has 2 aromatic heterocycles. The van der Waals surface area contributed by atoms with E-state index < -0.39 is 17.2 Å². The fourth-order valence-electron chi connectivity index (χ4n) is 3.18. The molecular formula is C22H18F2N4O. The Morgan fingerprint density at radius 2 is 1.66 bits per heavy atom. The van der Waals surface area contributed by atoms with Gasteiger partial charge in [-0.25, -0.2) is 18.7 Å². The van der Waals surface area contributed by atoms with Gasteiger partial charge in [0.25, 0.3) is 5.56 Å². The highest BCUT2D eigenvalue weighted by Gasteiger charge is 2.15. The van der Waals surface area contributed by atoms with Crippen molar-refractivity contribution in [1.82, 2.24) is 14.5 Å². The number of rotatable bonds is 4. The predicted molar refractivity (Wildman–Crippen MR) is 109 cm³/mol. The first kappa shape index (κ1) is 18.7. The van der Waals surface area contributed by atoms with Gasteiger partial charge < -0.3 is 9.47 Å². The summed E-state index contributed by atoms with van der Waals surface area (Å²) in [6.07, 6.45) is 2.73. The van der Waals surface area contributed by atoms with Gasteiger partial charge in [0.2, 0.25) is 0 Å². The Balaban J connectivity index is 1.74. The summed E-state index contributed by atoms with van der Waals surface area (Å²) in [6.45, 7) is -0.225. The summed E-state index contributed by atoms with van der Waals surface area (Å²) in [7, 11) is 3.72. The second-order valence-electron chi connectivity index (χ2n) is 6.89. The van der Waals surface area contributed by atoms with Crippen LogP contribution in [-0.2, 0) is 6.54 Å². The van der Waals surface area contributed by atoms with Crippen LogP contribution in [0.3, 0.4) is 0 Å². The van der Waals surface area contributed by atoms with E-state index in [-0.39, 0.29) is 12.1 Å². The van der Waals surface area contributed by atoms with Crippen molar-refractivity contribution in [3.8, 4) is 11.1 Å². The average Bonchev–Trinajstić information content (AvgIpc) is 2.72. The first-order chi connectivity index (χ1) is 13.9. The number of benzene rings is 2. The SMILES string of the molecule is CN(C)c1ccc(-c2cc(F)c(Cn3c(=O)cnc4ccccc43)c(F)c2)cn1. The largest absolute Gasteiger partial charge is 0.363 e. The molecule has 0 atom stereocenters. The van der Waals surface area contributed by atoms with E-state index in [0.29, 0.717) is 22.2 Å². The van der Waals surface area contributed by atoms with Crippen LogP contribution in [0.15, 0.2) is 65.7 Å². The molecule has 0 saturated heterocycles. The minimum atomic E-state index is -0.718. The molecule has 0 amide bonds. The smallest absolute Gasteiger partial charge is 0.269 e. The van der Waals surface area contributed by atoms with Gasteiger partial charge in [-0.05, 0) is 42.0 Å². The maximum Gasteiger partial charge on any atom is 0.269 e. The van der Waals surface area contributed by atoms with Crippen molar-refractivity contribution in [3.05, 3.63) is 88.5 Å². The molecule has 0 fully saturated rings. The molecule has 4 rings (SSSR count). The minimum absolute atomic E-state index is 0.176. The van der Waals surface area contributed by atoms with E-state index in [0.717, 1.165) is 12.0 Å². The number of halogens is 2. The topological polar surface area (TPSA) is 51.0 Å². The van der Waals surface area contributed by atoms with Crippen LogP contribution >= 0.6 is 0 Å². The summed E-state index contributed by atoms with van der Waals surface area (Å²) in [5, 5.41) is 0. The summed E-state index contributed by atoms with van der Waals surface area (Å²) in [5.74, 6) is -0.691. The van der Waals surface area contributed by atoms with E-state index in [4.69, 9.17) is 0 Å². The molecule has 0 aliphatic rings. The number of hydrogen-bond acceptors (Lipinski definition) is 4. The minimum Gasteiger partial charge on any atom is -0.363 e. The molecule has 2 aromatic carbocycles. The standard InChI is InChI=1S/C22H18F2N4O/c1-27(2)21-8-7-14(11-26-21)15-9-17(23)16(18(24)10-15)13-28-20-6-4-3-5-19(20)25-12-22(28)29/h3-12H,13H2,1-2H3. The Kier molecular flexibility index (Phi) is 4.80. The van der Waals surface area contributed by atoms with E-state index in [9.17, 15) is 13.6 Å². The molecule has 146 valence electrons. The number of para-hydroxylation sites is 2. The molecule has 7 heteroatoms. The second kappa shape index (κ2) is 7.43. The van der Waals surface area contributed by atoms with Gasteiger partial charge >= 0.3 is 0 Å². The van der Waals surface area contributed by atoms with Crippen molar-refractivity contribution in [2.24, 2.45) is 0 Å². The van der Waals surface area contributed by atoms with Crippen LogP contribution in [0, 0.1) is 11.6 Å². The average molecular weight is 392 g/mol. The summed E-state index contributed by atoms with van der Waals surface area (Å²) in [6, 6.07) is 13.0. The highest BCUT2D eigenvalue weighted by Crippen LogP contribution is 2.26. The molecule has 0 aliphatic heterocycles. The Morgan fingerprint density at radius 3 is 2.31 bits per heavy atom. The van der Waals surface area contributed by atoms with Gasteiger partial charge in [-0.1, -0.05) is 12.1 Å². The van der Waals surface area contributed by atoms with Crippen LogP contribution in [0.1, 0.15) is 5.56 Å². The molecule has 0 N–H and O–H groups in total. The first-order valence-corrected chi connectivity index (χ1v) is 9.00. The van der Waals surface area contributed by atoms with Gasteiger partial charge in [0.05, 0.1) is 23.8 Å². The number of hydrogen-bond donors (Lipinski definition) is 0. The molecule has 2 heterocycles. The molecule has 0 spiro atoms. The van der Waals surface area contributed by atoms with E-state index >= 15 is 0 Å². The zero-order valence-electron chi connectivity index (χ0n) is 15.9. The fourth-order valence-corrected chi connectivity index (χ4v) is 3.18. The number of anilines is 1. The number of nitrogens with zero attached hydrogens (tertiary/aromatic N) is 4. The van der Waals surface area contributed by atoms with Crippen LogP contribution in [0.25, 0.3) is 22.2 Å². The summed E-state index contributed by atoms with van der Waals surface area (Å²) < 4.78 is 31.0. The number of aromatic nitrogens is 3. The van der Waals surface area contributed by atoms with E-state index in [1.165, 1.54) is 16.7 Å². The molecule has 0 saturated carbocycles. The van der Waals surface area contributed by atoms with Gasteiger partial charge in [-0.15, -0.1) is 0 Å². The van der Waals surface area contributed by atoms with E-state index in [1.54, 1.807) is 42.6 Å². The highest BCUT2D eigenvalue weighted by atomic mass is 19.1. The maximum absolute atomic E-state index is 14.8. The van der Waals surface area contributed by atoms with Gasteiger partial charge in [-0.2, -0.15) is 0 Å². The lowest BCUT2D eigenvalue weighted by Gasteiger charge is -2.13. The number of pyridine rings is 1. The van der Waals surface area contributed by atoms with E-state index in [2.05, 4.69) is 9.97 Å².